The minimum Gasteiger partial charge on any atom is -0.400 e. The minimum absolute atomic E-state index is 0.385. The molecule has 0 radical (unpaired) electrons. The summed E-state index contributed by atoms with van der Waals surface area (Å²) in [6.07, 6.45) is -0.769. The summed E-state index contributed by atoms with van der Waals surface area (Å²) >= 11 is 0. The average molecular weight is 661 g/mol. The lowest BCUT2D eigenvalue weighted by Gasteiger charge is -2.12. The summed E-state index contributed by atoms with van der Waals surface area (Å²) in [5.41, 5.74) is 1.94. The monoisotopic (exact) mass is 660 g/mol. The van der Waals surface area contributed by atoms with E-state index in [1.54, 1.807) is 13.8 Å². The van der Waals surface area contributed by atoms with Gasteiger partial charge in [0.25, 0.3) is 0 Å². The van der Waals surface area contributed by atoms with Crippen LogP contribution in [-0.2, 0) is 0 Å². The van der Waals surface area contributed by atoms with Crippen molar-refractivity contribution in [3.63, 3.8) is 0 Å². The summed E-state index contributed by atoms with van der Waals surface area (Å²) in [6.45, 7) is 3.56. The van der Waals surface area contributed by atoms with Gasteiger partial charge in [0.15, 0.2) is 0 Å². The number of rotatable bonds is 2. The Hall–Kier alpha value is -5.36. The van der Waals surface area contributed by atoms with Gasteiger partial charge in [-0.2, -0.15) is 0 Å². The summed E-state index contributed by atoms with van der Waals surface area (Å²) in [7, 11) is 2.00. The van der Waals surface area contributed by atoms with E-state index in [2.05, 4.69) is 97.1 Å². The fourth-order valence-corrected chi connectivity index (χ4v) is 6.42. The molecule has 9 rings (SSSR count). The zero-order valence-electron chi connectivity index (χ0n) is 29.0. The Morgan fingerprint density at radius 2 is 0.720 bits per heavy atom. The van der Waals surface area contributed by atoms with Crippen molar-refractivity contribution in [2.45, 2.75) is 26.1 Å². The lowest BCUT2D eigenvalue weighted by molar-refractivity contribution is 0.199. The normalized spacial score (nSPS) is 11.8. The topological polar surface area (TPSA) is 80.9 Å². The molecule has 0 spiro atoms. The first-order valence-corrected chi connectivity index (χ1v) is 16.7. The van der Waals surface area contributed by atoms with Crippen molar-refractivity contribution in [1.82, 2.24) is 0 Å². The summed E-state index contributed by atoms with van der Waals surface area (Å²) in [4.78, 5) is 0. The second-order valence-corrected chi connectivity index (χ2v) is 12.0. The van der Waals surface area contributed by atoms with Crippen molar-refractivity contribution in [3.8, 4) is 0 Å². The van der Waals surface area contributed by atoms with Crippen molar-refractivity contribution in [3.05, 3.63) is 169 Å². The van der Waals surface area contributed by atoms with Gasteiger partial charge in [-0.15, -0.1) is 0 Å². The van der Waals surface area contributed by atoms with Crippen molar-refractivity contribution in [1.29, 1.82) is 0 Å². The third-order valence-electron chi connectivity index (χ3n) is 8.88. The number of hydrogen-bond acceptors (Lipinski definition) is 4. The van der Waals surface area contributed by atoms with Crippen LogP contribution in [0.25, 0.3) is 64.6 Å². The Morgan fingerprint density at radius 1 is 0.320 bits per heavy atom. The first-order chi connectivity index (χ1) is 24.5. The highest BCUT2D eigenvalue weighted by Crippen LogP contribution is 2.38. The summed E-state index contributed by atoms with van der Waals surface area (Å²) < 4.78 is 0. The maximum Gasteiger partial charge on any atom is 0.0762 e. The van der Waals surface area contributed by atoms with Crippen molar-refractivity contribution in [2.75, 3.05) is 14.2 Å². The Kier molecular flexibility index (Phi) is 12.1. The zero-order chi connectivity index (χ0) is 35.6. The van der Waals surface area contributed by atoms with Gasteiger partial charge in [-0.3, -0.25) is 0 Å². The Bertz CT molecular complexity index is 2350. The Balaban J connectivity index is 0.000000144. The van der Waals surface area contributed by atoms with Gasteiger partial charge in [0, 0.05) is 14.2 Å². The molecule has 252 valence electrons. The lowest BCUT2D eigenvalue weighted by Crippen LogP contribution is -1.89. The van der Waals surface area contributed by atoms with E-state index in [4.69, 9.17) is 10.2 Å². The molecule has 0 saturated heterocycles. The molecule has 0 bridgehead atoms. The molecule has 4 N–H and O–H groups in total. The van der Waals surface area contributed by atoms with Crippen LogP contribution < -0.4 is 0 Å². The fourth-order valence-electron chi connectivity index (χ4n) is 6.42. The van der Waals surface area contributed by atoms with Crippen molar-refractivity contribution < 1.29 is 20.4 Å². The molecule has 0 aliphatic carbocycles. The number of benzene rings is 9. The molecule has 0 aliphatic rings. The van der Waals surface area contributed by atoms with Gasteiger partial charge in [0.2, 0.25) is 0 Å². The van der Waals surface area contributed by atoms with E-state index >= 15 is 0 Å². The standard InChI is InChI=1S/C20H12.2C12H12O.2CH4O/c1-2-7-17-15(4-1)12-16-9-8-13-5-3-6-14-10-11-18(17)20(16)19(13)14;2*1-9(13)11-7-6-10-4-2-3-5-12(10)8-11;2*1-2/h1-12H;2*2-9,13H,1H3;2*2H,1H3. The van der Waals surface area contributed by atoms with Crippen LogP contribution in [0.1, 0.15) is 37.2 Å². The highest BCUT2D eigenvalue weighted by atomic mass is 16.3. The number of aliphatic hydroxyl groups excluding tert-OH is 4. The summed E-state index contributed by atoms with van der Waals surface area (Å²) in [5, 5.41) is 48.4. The maximum atomic E-state index is 9.38. The minimum atomic E-state index is -0.385. The molecule has 4 heteroatoms. The predicted molar refractivity (Wildman–Crippen MR) is 213 cm³/mol. The van der Waals surface area contributed by atoms with Gasteiger partial charge in [0.1, 0.15) is 0 Å². The van der Waals surface area contributed by atoms with E-state index in [-0.39, 0.29) is 12.2 Å². The molecule has 2 atom stereocenters. The van der Waals surface area contributed by atoms with E-state index in [9.17, 15) is 10.2 Å². The van der Waals surface area contributed by atoms with E-state index in [0.29, 0.717) is 0 Å². The number of fused-ring (bicyclic) bond motifs is 4. The number of hydrogen-bond donors (Lipinski definition) is 4. The molecule has 0 saturated carbocycles. The second kappa shape index (κ2) is 16.8. The second-order valence-electron chi connectivity index (χ2n) is 12.0. The summed E-state index contributed by atoms with van der Waals surface area (Å²) in [5.74, 6) is 0. The van der Waals surface area contributed by atoms with Crippen LogP contribution >= 0.6 is 0 Å². The predicted octanol–water partition coefficient (Wildman–Crippen LogP) is 10.7. The van der Waals surface area contributed by atoms with Crippen LogP contribution in [0.15, 0.2) is 158 Å². The Morgan fingerprint density at radius 3 is 1.24 bits per heavy atom. The maximum absolute atomic E-state index is 9.38. The zero-order valence-corrected chi connectivity index (χ0v) is 29.0. The fraction of sp³-hybridized carbons (Fsp3) is 0.130. The van der Waals surface area contributed by atoms with E-state index in [1.807, 2.05) is 60.7 Å². The first kappa shape index (κ1) is 35.9. The van der Waals surface area contributed by atoms with E-state index < -0.39 is 0 Å². The quantitative estimate of drug-likeness (QED) is 0.110. The van der Waals surface area contributed by atoms with Crippen LogP contribution in [0.4, 0.5) is 0 Å². The van der Waals surface area contributed by atoms with Gasteiger partial charge in [-0.1, -0.05) is 140 Å². The SMILES string of the molecule is CC(O)c1ccc2ccccc2c1.CC(O)c1ccc2ccccc2c1.CO.CO.c1ccc2c(c1)cc1ccc3cccc4ccc2c1c34. The highest BCUT2D eigenvalue weighted by molar-refractivity contribution is 6.28. The highest BCUT2D eigenvalue weighted by Gasteiger charge is 2.10. The summed E-state index contributed by atoms with van der Waals surface area (Å²) in [6, 6.07) is 54.9. The Labute approximate surface area is 293 Å². The van der Waals surface area contributed by atoms with Crippen molar-refractivity contribution in [2.24, 2.45) is 0 Å². The molecule has 9 aromatic carbocycles. The molecule has 4 nitrogen and oxygen atoms in total. The van der Waals surface area contributed by atoms with E-state index in [0.717, 1.165) is 25.3 Å². The van der Waals surface area contributed by atoms with Crippen LogP contribution in [0.5, 0.6) is 0 Å². The molecule has 9 aromatic rings. The van der Waals surface area contributed by atoms with Crippen LogP contribution in [0.3, 0.4) is 0 Å². The molecular weight excluding hydrogens is 617 g/mol. The van der Waals surface area contributed by atoms with Gasteiger partial charge < -0.3 is 20.4 Å². The first-order valence-electron chi connectivity index (χ1n) is 16.7. The smallest absolute Gasteiger partial charge is 0.0762 e. The lowest BCUT2D eigenvalue weighted by atomic mass is 9.91. The molecule has 2 unspecified atom stereocenters. The molecular formula is C46H44O4. The molecule has 0 amide bonds. The molecule has 0 aliphatic heterocycles. The van der Waals surface area contributed by atoms with Crippen molar-refractivity contribution >= 4 is 64.6 Å². The van der Waals surface area contributed by atoms with Gasteiger partial charge in [-0.05, 0) is 108 Å². The van der Waals surface area contributed by atoms with Crippen LogP contribution in [0.2, 0.25) is 0 Å². The van der Waals surface area contributed by atoms with Gasteiger partial charge in [0.05, 0.1) is 12.2 Å². The molecule has 50 heavy (non-hydrogen) atoms. The molecule has 0 aromatic heterocycles. The molecule has 0 fully saturated rings. The molecule has 0 heterocycles. The third-order valence-corrected chi connectivity index (χ3v) is 8.88. The third kappa shape index (κ3) is 7.76. The van der Waals surface area contributed by atoms with Crippen LogP contribution in [-0.4, -0.2) is 34.6 Å². The van der Waals surface area contributed by atoms with E-state index in [1.165, 1.54) is 64.6 Å². The number of aliphatic hydroxyl groups is 4. The van der Waals surface area contributed by atoms with Gasteiger partial charge in [-0.25, -0.2) is 0 Å². The average Bonchev–Trinajstić information content (AvgIpc) is 3.18. The van der Waals surface area contributed by atoms with Crippen LogP contribution in [0, 0.1) is 0 Å². The van der Waals surface area contributed by atoms with Gasteiger partial charge >= 0.3 is 0 Å². The largest absolute Gasteiger partial charge is 0.400 e.